The van der Waals surface area contributed by atoms with Gasteiger partial charge >= 0.3 is 0 Å². The molecule has 2 aromatic carbocycles. The molecule has 0 spiro atoms. The van der Waals surface area contributed by atoms with Gasteiger partial charge < -0.3 is 5.32 Å². The first-order chi connectivity index (χ1) is 12.8. The molecule has 2 rings (SSSR count). The molecule has 0 aliphatic rings. The van der Waals surface area contributed by atoms with Crippen LogP contribution in [0.2, 0.25) is 5.02 Å². The van der Waals surface area contributed by atoms with Crippen LogP contribution < -0.4 is 5.32 Å². The van der Waals surface area contributed by atoms with E-state index in [1.54, 1.807) is 30.3 Å². The lowest BCUT2D eigenvalue weighted by molar-refractivity contribution is -0.121. The van der Waals surface area contributed by atoms with Crippen LogP contribution in [0.5, 0.6) is 0 Å². The van der Waals surface area contributed by atoms with Crippen LogP contribution >= 0.6 is 11.6 Å². The number of rotatable bonds is 8. The van der Waals surface area contributed by atoms with Crippen LogP contribution in [0, 0.1) is 0 Å². The molecule has 0 radical (unpaired) electrons. The minimum Gasteiger partial charge on any atom is -0.349 e. The molecule has 146 valence electrons. The van der Waals surface area contributed by atoms with Gasteiger partial charge in [-0.25, -0.2) is 8.42 Å². The molecule has 27 heavy (non-hydrogen) atoms. The van der Waals surface area contributed by atoms with Crippen LogP contribution in [0.15, 0.2) is 53.4 Å². The lowest BCUT2D eigenvalue weighted by atomic mass is 10.1. The number of nitrogens with one attached hydrogen (secondary N) is 1. The predicted octanol–water partition coefficient (Wildman–Crippen LogP) is 3.79. The van der Waals surface area contributed by atoms with Gasteiger partial charge in [0.15, 0.2) is 0 Å². The number of nitrogens with zero attached hydrogens (tertiary/aromatic N) is 1. The summed E-state index contributed by atoms with van der Waals surface area (Å²) in [5, 5.41) is 3.48. The van der Waals surface area contributed by atoms with Gasteiger partial charge in [-0.2, -0.15) is 4.31 Å². The first-order valence-electron chi connectivity index (χ1n) is 8.92. The summed E-state index contributed by atoms with van der Waals surface area (Å²) in [4.78, 5) is 12.5. The van der Waals surface area contributed by atoms with Crippen molar-refractivity contribution in [3.8, 4) is 0 Å². The third kappa shape index (κ3) is 5.31. The number of sulfonamides is 1. The van der Waals surface area contributed by atoms with Crippen molar-refractivity contribution in [3.63, 3.8) is 0 Å². The largest absolute Gasteiger partial charge is 0.349 e. The normalized spacial score (nSPS) is 12.8. The lowest BCUT2D eigenvalue weighted by Crippen LogP contribution is -2.30. The summed E-state index contributed by atoms with van der Waals surface area (Å²) in [7, 11) is -3.48. The van der Waals surface area contributed by atoms with E-state index in [4.69, 9.17) is 11.6 Å². The van der Waals surface area contributed by atoms with Crippen LogP contribution in [-0.4, -0.2) is 31.7 Å². The monoisotopic (exact) mass is 408 g/mol. The van der Waals surface area contributed by atoms with Gasteiger partial charge in [-0.05, 0) is 36.2 Å². The second-order valence-corrected chi connectivity index (χ2v) is 8.56. The average Bonchev–Trinajstić information content (AvgIpc) is 2.64. The Hall–Kier alpha value is -1.89. The Morgan fingerprint density at radius 1 is 1.07 bits per heavy atom. The Labute approximate surface area is 166 Å². The molecule has 7 heteroatoms. The molecule has 1 amide bonds. The van der Waals surface area contributed by atoms with Crippen LogP contribution in [-0.2, 0) is 21.2 Å². The Bertz CT molecular complexity index is 878. The fourth-order valence-electron chi connectivity index (χ4n) is 2.83. The van der Waals surface area contributed by atoms with E-state index in [1.807, 2.05) is 39.0 Å². The fourth-order valence-corrected chi connectivity index (χ4v) is 4.49. The van der Waals surface area contributed by atoms with Gasteiger partial charge in [0.25, 0.3) is 0 Å². The number of halogens is 1. The van der Waals surface area contributed by atoms with Crippen molar-refractivity contribution in [1.82, 2.24) is 9.62 Å². The van der Waals surface area contributed by atoms with E-state index in [2.05, 4.69) is 5.32 Å². The molecule has 0 bridgehead atoms. The van der Waals surface area contributed by atoms with Crippen LogP contribution in [0.4, 0.5) is 0 Å². The van der Waals surface area contributed by atoms with E-state index in [0.29, 0.717) is 18.1 Å². The third-order valence-corrected chi connectivity index (χ3v) is 6.84. The Kier molecular flexibility index (Phi) is 7.41. The molecular formula is C20H25ClN2O3S. The molecule has 0 fully saturated rings. The molecule has 0 aliphatic carbocycles. The van der Waals surface area contributed by atoms with E-state index in [9.17, 15) is 13.2 Å². The lowest BCUT2D eigenvalue weighted by Gasteiger charge is -2.19. The molecule has 2 aromatic rings. The van der Waals surface area contributed by atoms with Crippen LogP contribution in [0.25, 0.3) is 0 Å². The highest BCUT2D eigenvalue weighted by atomic mass is 35.5. The minimum absolute atomic E-state index is 0.143. The van der Waals surface area contributed by atoms with Crippen LogP contribution in [0.1, 0.15) is 37.9 Å². The maximum atomic E-state index is 12.5. The topological polar surface area (TPSA) is 66.5 Å². The Morgan fingerprint density at radius 3 is 2.22 bits per heavy atom. The molecule has 5 nitrogen and oxygen atoms in total. The van der Waals surface area contributed by atoms with Crippen molar-refractivity contribution < 1.29 is 13.2 Å². The zero-order valence-corrected chi connectivity index (χ0v) is 17.3. The highest BCUT2D eigenvalue weighted by Gasteiger charge is 2.21. The van der Waals surface area contributed by atoms with Gasteiger partial charge in [0.05, 0.1) is 17.4 Å². The number of hydrogen-bond acceptors (Lipinski definition) is 3. The number of hydrogen-bond donors (Lipinski definition) is 1. The summed E-state index contributed by atoms with van der Waals surface area (Å²) in [5.74, 6) is -0.143. The second kappa shape index (κ2) is 9.35. The Balaban J connectivity index is 2.06. The van der Waals surface area contributed by atoms with Crippen molar-refractivity contribution in [3.05, 3.63) is 64.7 Å². The zero-order chi connectivity index (χ0) is 20.0. The maximum Gasteiger partial charge on any atom is 0.243 e. The number of amides is 1. The fraction of sp³-hybridized carbons (Fsp3) is 0.350. The van der Waals surface area contributed by atoms with Gasteiger partial charge in [0.2, 0.25) is 15.9 Å². The summed E-state index contributed by atoms with van der Waals surface area (Å²) < 4.78 is 26.5. The Morgan fingerprint density at radius 2 is 1.67 bits per heavy atom. The second-order valence-electron chi connectivity index (χ2n) is 6.22. The molecule has 1 unspecified atom stereocenters. The smallest absolute Gasteiger partial charge is 0.243 e. The predicted molar refractivity (Wildman–Crippen MR) is 108 cm³/mol. The van der Waals surface area contributed by atoms with Crippen molar-refractivity contribution in [1.29, 1.82) is 0 Å². The molecule has 0 aromatic heterocycles. The van der Waals surface area contributed by atoms with Gasteiger partial charge in [-0.3, -0.25) is 4.79 Å². The molecule has 0 saturated heterocycles. The van der Waals surface area contributed by atoms with E-state index in [-0.39, 0.29) is 23.3 Å². The van der Waals surface area contributed by atoms with Crippen molar-refractivity contribution in [2.24, 2.45) is 0 Å². The molecule has 0 aliphatic heterocycles. The van der Waals surface area contributed by atoms with Crippen molar-refractivity contribution in [2.75, 3.05) is 13.1 Å². The first-order valence-corrected chi connectivity index (χ1v) is 10.7. The number of carbonyl (C=O) groups excluding carboxylic acids is 1. The standard InChI is InChI=1S/C20H25ClN2O3S/c1-4-23(5-2)27(25,26)18-12-10-16(11-13-18)15(3)22-20(24)14-17-8-6-7-9-19(17)21/h6-13,15H,4-5,14H2,1-3H3,(H,22,24). The summed E-state index contributed by atoms with van der Waals surface area (Å²) in [6.45, 7) is 6.33. The minimum atomic E-state index is -3.48. The average molecular weight is 409 g/mol. The van der Waals surface area contributed by atoms with Gasteiger partial charge in [0.1, 0.15) is 0 Å². The molecule has 1 atom stereocenters. The van der Waals surface area contributed by atoms with E-state index in [0.717, 1.165) is 11.1 Å². The molecule has 1 N–H and O–H groups in total. The SMILES string of the molecule is CCN(CC)S(=O)(=O)c1ccc(C(C)NC(=O)Cc2ccccc2Cl)cc1. The third-order valence-electron chi connectivity index (χ3n) is 4.41. The van der Waals surface area contributed by atoms with Gasteiger partial charge in [0, 0.05) is 18.1 Å². The van der Waals surface area contributed by atoms with Gasteiger partial charge in [-0.1, -0.05) is 55.8 Å². The van der Waals surface area contributed by atoms with E-state index >= 15 is 0 Å². The molecular weight excluding hydrogens is 384 g/mol. The molecule has 0 heterocycles. The van der Waals surface area contributed by atoms with E-state index < -0.39 is 10.0 Å². The highest BCUT2D eigenvalue weighted by molar-refractivity contribution is 7.89. The molecule has 0 saturated carbocycles. The summed E-state index contributed by atoms with van der Waals surface area (Å²) in [6.07, 6.45) is 0.193. The number of carbonyl (C=O) groups is 1. The highest BCUT2D eigenvalue weighted by Crippen LogP contribution is 2.20. The summed E-state index contributed by atoms with van der Waals surface area (Å²) in [6, 6.07) is 13.6. The quantitative estimate of drug-likeness (QED) is 0.722. The van der Waals surface area contributed by atoms with E-state index in [1.165, 1.54) is 4.31 Å². The maximum absolute atomic E-state index is 12.5. The van der Waals surface area contributed by atoms with Gasteiger partial charge in [-0.15, -0.1) is 0 Å². The van der Waals surface area contributed by atoms with Crippen molar-refractivity contribution in [2.45, 2.75) is 38.1 Å². The summed E-state index contributed by atoms with van der Waals surface area (Å²) >= 11 is 6.09. The first kappa shape index (κ1) is 21.4. The zero-order valence-electron chi connectivity index (χ0n) is 15.8. The van der Waals surface area contributed by atoms with Crippen LogP contribution in [0.3, 0.4) is 0 Å². The number of benzene rings is 2. The summed E-state index contributed by atoms with van der Waals surface area (Å²) in [5.41, 5.74) is 1.60. The van der Waals surface area contributed by atoms with Crippen molar-refractivity contribution >= 4 is 27.5 Å².